The number of ether oxygens (including phenoxy) is 1. The molecule has 2 unspecified atom stereocenters. The Morgan fingerprint density at radius 2 is 2.20 bits per heavy atom. The average molecular weight is 221 g/mol. The van der Waals surface area contributed by atoms with Crippen molar-refractivity contribution in [3.05, 3.63) is 0 Å². The Morgan fingerprint density at radius 3 is 2.73 bits per heavy atom. The van der Waals surface area contributed by atoms with Crippen molar-refractivity contribution in [2.24, 2.45) is 0 Å². The van der Waals surface area contributed by atoms with E-state index in [9.17, 15) is 8.78 Å². The Labute approximate surface area is 90.4 Å². The molecule has 1 fully saturated rings. The van der Waals surface area contributed by atoms with Gasteiger partial charge in [-0.3, -0.25) is 0 Å². The summed E-state index contributed by atoms with van der Waals surface area (Å²) in [7, 11) is 1.53. The highest BCUT2D eigenvalue weighted by molar-refractivity contribution is 5.00. The number of halogens is 2. The van der Waals surface area contributed by atoms with Crippen molar-refractivity contribution in [1.82, 2.24) is 5.32 Å². The van der Waals surface area contributed by atoms with Crippen LogP contribution in [0.3, 0.4) is 0 Å². The minimum absolute atomic E-state index is 0.349. The molecule has 1 aliphatic carbocycles. The van der Waals surface area contributed by atoms with Crippen LogP contribution in [0.2, 0.25) is 0 Å². The maximum absolute atomic E-state index is 13.2. The molecule has 2 atom stereocenters. The van der Waals surface area contributed by atoms with E-state index in [4.69, 9.17) is 4.74 Å². The van der Waals surface area contributed by atoms with Crippen LogP contribution in [0.1, 0.15) is 39.0 Å². The molecule has 15 heavy (non-hydrogen) atoms. The third kappa shape index (κ3) is 2.67. The number of hydrogen-bond acceptors (Lipinski definition) is 2. The van der Waals surface area contributed by atoms with Gasteiger partial charge in [0, 0.05) is 7.11 Å². The predicted molar refractivity (Wildman–Crippen MR) is 56.3 cm³/mol. The summed E-state index contributed by atoms with van der Waals surface area (Å²) in [6.45, 7) is 2.61. The molecule has 0 heterocycles. The van der Waals surface area contributed by atoms with Gasteiger partial charge in [0.25, 0.3) is 6.43 Å². The Bertz CT molecular complexity index is 189. The number of methoxy groups -OCH3 is 1. The number of alkyl halides is 2. The lowest BCUT2D eigenvalue weighted by Gasteiger charge is -2.43. The lowest BCUT2D eigenvalue weighted by molar-refractivity contribution is -0.0902. The van der Waals surface area contributed by atoms with Crippen LogP contribution < -0.4 is 5.32 Å². The molecule has 1 aliphatic rings. The van der Waals surface area contributed by atoms with Gasteiger partial charge < -0.3 is 10.1 Å². The van der Waals surface area contributed by atoms with Gasteiger partial charge >= 0.3 is 0 Å². The van der Waals surface area contributed by atoms with Crippen LogP contribution >= 0.6 is 0 Å². The Balaban J connectivity index is 2.74. The molecule has 0 aromatic rings. The monoisotopic (exact) mass is 221 g/mol. The lowest BCUT2D eigenvalue weighted by Crippen LogP contribution is -2.61. The molecule has 90 valence electrons. The summed E-state index contributed by atoms with van der Waals surface area (Å²) in [4.78, 5) is 0. The highest BCUT2D eigenvalue weighted by Crippen LogP contribution is 2.35. The second-order valence-electron chi connectivity index (χ2n) is 4.24. The third-order valence-electron chi connectivity index (χ3n) is 3.26. The van der Waals surface area contributed by atoms with E-state index in [0.717, 1.165) is 25.7 Å². The van der Waals surface area contributed by atoms with Crippen molar-refractivity contribution in [3.63, 3.8) is 0 Å². The van der Waals surface area contributed by atoms with Gasteiger partial charge in [-0.05, 0) is 25.8 Å². The highest BCUT2D eigenvalue weighted by atomic mass is 19.3. The smallest absolute Gasteiger partial charge is 0.259 e. The van der Waals surface area contributed by atoms with Crippen LogP contribution in [0.25, 0.3) is 0 Å². The molecule has 1 saturated carbocycles. The van der Waals surface area contributed by atoms with Gasteiger partial charge in [0.15, 0.2) is 0 Å². The quantitative estimate of drug-likeness (QED) is 0.770. The van der Waals surface area contributed by atoms with Crippen LogP contribution in [-0.4, -0.2) is 31.7 Å². The first kappa shape index (κ1) is 12.8. The number of nitrogens with one attached hydrogen (secondary N) is 1. The summed E-state index contributed by atoms with van der Waals surface area (Å²) >= 11 is 0. The van der Waals surface area contributed by atoms with Crippen molar-refractivity contribution in [2.45, 2.75) is 57.1 Å². The normalized spacial score (nSPS) is 32.2. The Kier molecular flexibility index (Phi) is 4.93. The van der Waals surface area contributed by atoms with Crippen molar-refractivity contribution in [2.75, 3.05) is 13.7 Å². The molecule has 0 aliphatic heterocycles. The average Bonchev–Trinajstić information content (AvgIpc) is 2.26. The Morgan fingerprint density at radius 1 is 1.47 bits per heavy atom. The zero-order valence-corrected chi connectivity index (χ0v) is 9.56. The van der Waals surface area contributed by atoms with Gasteiger partial charge in [-0.1, -0.05) is 19.8 Å². The minimum atomic E-state index is -2.35. The number of hydrogen-bond donors (Lipinski definition) is 1. The predicted octanol–water partition coefficient (Wildman–Crippen LogP) is 2.58. The SMILES string of the molecule is CCCNC1(C(F)F)CCCCC1OC. The second-order valence-corrected chi connectivity index (χ2v) is 4.24. The fraction of sp³-hybridized carbons (Fsp3) is 1.00. The topological polar surface area (TPSA) is 21.3 Å². The number of rotatable bonds is 5. The molecule has 0 bridgehead atoms. The minimum Gasteiger partial charge on any atom is -0.379 e. The summed E-state index contributed by atoms with van der Waals surface area (Å²) in [5.74, 6) is 0. The van der Waals surface area contributed by atoms with E-state index in [1.165, 1.54) is 7.11 Å². The van der Waals surface area contributed by atoms with Crippen molar-refractivity contribution < 1.29 is 13.5 Å². The maximum atomic E-state index is 13.2. The highest BCUT2D eigenvalue weighted by Gasteiger charge is 2.48. The van der Waals surface area contributed by atoms with E-state index in [-0.39, 0.29) is 6.10 Å². The molecule has 4 heteroatoms. The summed E-state index contributed by atoms with van der Waals surface area (Å²) in [5.41, 5.74) is -1.11. The summed E-state index contributed by atoms with van der Waals surface area (Å²) in [6.07, 6.45) is 1.26. The third-order valence-corrected chi connectivity index (χ3v) is 3.26. The fourth-order valence-electron chi connectivity index (χ4n) is 2.38. The zero-order valence-electron chi connectivity index (χ0n) is 9.56. The summed E-state index contributed by atoms with van der Waals surface area (Å²) < 4.78 is 31.6. The second kappa shape index (κ2) is 5.75. The van der Waals surface area contributed by atoms with E-state index in [1.807, 2.05) is 6.92 Å². The Hall–Kier alpha value is -0.220. The first-order valence-corrected chi connectivity index (χ1v) is 5.73. The molecule has 2 nitrogen and oxygen atoms in total. The van der Waals surface area contributed by atoms with Gasteiger partial charge in [0.1, 0.15) is 5.54 Å². The van der Waals surface area contributed by atoms with E-state index in [0.29, 0.717) is 13.0 Å². The van der Waals surface area contributed by atoms with E-state index in [2.05, 4.69) is 5.32 Å². The first-order valence-electron chi connectivity index (χ1n) is 5.73. The van der Waals surface area contributed by atoms with Crippen LogP contribution in [0.15, 0.2) is 0 Å². The maximum Gasteiger partial charge on any atom is 0.259 e. The van der Waals surface area contributed by atoms with Gasteiger partial charge in [0.05, 0.1) is 6.10 Å². The van der Waals surface area contributed by atoms with Gasteiger partial charge in [0.2, 0.25) is 0 Å². The zero-order chi connectivity index (χ0) is 11.3. The van der Waals surface area contributed by atoms with Gasteiger partial charge in [-0.25, -0.2) is 8.78 Å². The molecule has 0 radical (unpaired) electrons. The molecule has 0 saturated heterocycles. The molecule has 1 N–H and O–H groups in total. The van der Waals surface area contributed by atoms with Crippen LogP contribution in [0, 0.1) is 0 Å². The summed E-state index contributed by atoms with van der Waals surface area (Å²) in [5, 5.41) is 3.01. The molecule has 0 amide bonds. The molecule has 0 aromatic heterocycles. The molecule has 0 aromatic carbocycles. The molecular weight excluding hydrogens is 200 g/mol. The molecular formula is C11H21F2NO. The van der Waals surface area contributed by atoms with E-state index < -0.39 is 12.0 Å². The van der Waals surface area contributed by atoms with Crippen LogP contribution in [-0.2, 0) is 4.74 Å². The van der Waals surface area contributed by atoms with Gasteiger partial charge in [-0.2, -0.15) is 0 Å². The van der Waals surface area contributed by atoms with Gasteiger partial charge in [-0.15, -0.1) is 0 Å². The van der Waals surface area contributed by atoms with Crippen LogP contribution in [0.4, 0.5) is 8.78 Å². The van der Waals surface area contributed by atoms with Crippen molar-refractivity contribution in [1.29, 1.82) is 0 Å². The fourth-order valence-corrected chi connectivity index (χ4v) is 2.38. The van der Waals surface area contributed by atoms with E-state index in [1.54, 1.807) is 0 Å². The standard InChI is InChI=1S/C11H21F2NO/c1-3-8-14-11(10(12)13)7-5-4-6-9(11)15-2/h9-10,14H,3-8H2,1-2H3. The molecule has 1 rings (SSSR count). The molecule has 0 spiro atoms. The first-order chi connectivity index (χ1) is 7.17. The summed E-state index contributed by atoms with van der Waals surface area (Å²) in [6, 6.07) is 0. The van der Waals surface area contributed by atoms with Crippen molar-refractivity contribution >= 4 is 0 Å². The van der Waals surface area contributed by atoms with E-state index >= 15 is 0 Å². The van der Waals surface area contributed by atoms with Crippen molar-refractivity contribution in [3.8, 4) is 0 Å². The van der Waals surface area contributed by atoms with Crippen LogP contribution in [0.5, 0.6) is 0 Å². The largest absolute Gasteiger partial charge is 0.379 e. The lowest BCUT2D eigenvalue weighted by atomic mass is 9.79.